The van der Waals surface area contributed by atoms with Gasteiger partial charge in [-0.25, -0.2) is 0 Å². The Balaban J connectivity index is 2.47. The summed E-state index contributed by atoms with van der Waals surface area (Å²) in [6.45, 7) is 4.11. The molecule has 5 nitrogen and oxygen atoms in total. The van der Waals surface area contributed by atoms with Crippen molar-refractivity contribution in [2.24, 2.45) is 16.4 Å². The Bertz CT molecular complexity index is 837. The highest BCUT2D eigenvalue weighted by atomic mass is 35.5. The van der Waals surface area contributed by atoms with Crippen molar-refractivity contribution < 1.29 is 5.21 Å². The topological polar surface area (TPSA) is 80.6 Å². The molecule has 0 bridgehead atoms. The SMILES string of the molecule is CC1(C)CC(=NN)c2c(n(O)c3ccc(Cl)cc3c2=O)C1. The van der Waals surface area contributed by atoms with Crippen molar-refractivity contribution in [1.82, 2.24) is 4.73 Å². The number of halogens is 1. The summed E-state index contributed by atoms with van der Waals surface area (Å²) >= 11 is 5.96. The summed E-state index contributed by atoms with van der Waals surface area (Å²) in [5, 5.41) is 15.1. The van der Waals surface area contributed by atoms with Gasteiger partial charge in [-0.1, -0.05) is 25.4 Å². The van der Waals surface area contributed by atoms with E-state index in [1.165, 1.54) is 0 Å². The molecule has 1 aromatic carbocycles. The van der Waals surface area contributed by atoms with Crippen molar-refractivity contribution in [1.29, 1.82) is 0 Å². The van der Waals surface area contributed by atoms with Gasteiger partial charge in [0.15, 0.2) is 5.43 Å². The van der Waals surface area contributed by atoms with Gasteiger partial charge in [0.05, 0.1) is 27.9 Å². The van der Waals surface area contributed by atoms with E-state index in [-0.39, 0.29) is 10.8 Å². The Kier molecular flexibility index (Phi) is 2.99. The number of aromatic nitrogens is 1. The van der Waals surface area contributed by atoms with E-state index in [0.717, 1.165) is 4.73 Å². The third-order valence-electron chi connectivity index (χ3n) is 3.94. The monoisotopic (exact) mass is 305 g/mol. The Morgan fingerprint density at radius 1 is 1.38 bits per heavy atom. The predicted molar refractivity (Wildman–Crippen MR) is 83.2 cm³/mol. The third-order valence-corrected chi connectivity index (χ3v) is 4.17. The number of pyridine rings is 1. The highest BCUT2D eigenvalue weighted by molar-refractivity contribution is 6.31. The summed E-state index contributed by atoms with van der Waals surface area (Å²) < 4.78 is 1.06. The van der Waals surface area contributed by atoms with E-state index in [0.29, 0.717) is 45.7 Å². The fourth-order valence-corrected chi connectivity index (χ4v) is 3.19. The van der Waals surface area contributed by atoms with E-state index in [1.54, 1.807) is 18.2 Å². The molecule has 0 radical (unpaired) electrons. The van der Waals surface area contributed by atoms with E-state index in [2.05, 4.69) is 18.9 Å². The molecule has 0 unspecified atom stereocenters. The lowest BCUT2D eigenvalue weighted by Crippen LogP contribution is -2.35. The minimum atomic E-state index is -0.187. The van der Waals surface area contributed by atoms with Gasteiger partial charge in [-0.15, -0.1) is 0 Å². The number of hydrogen-bond donors (Lipinski definition) is 2. The quantitative estimate of drug-likeness (QED) is 0.446. The van der Waals surface area contributed by atoms with Crippen molar-refractivity contribution in [2.75, 3.05) is 0 Å². The van der Waals surface area contributed by atoms with Crippen LogP contribution in [-0.4, -0.2) is 15.6 Å². The second-order valence-corrected chi connectivity index (χ2v) is 6.65. The van der Waals surface area contributed by atoms with Crippen LogP contribution in [0.4, 0.5) is 0 Å². The van der Waals surface area contributed by atoms with Crippen LogP contribution >= 0.6 is 11.6 Å². The van der Waals surface area contributed by atoms with Crippen molar-refractivity contribution in [3.63, 3.8) is 0 Å². The van der Waals surface area contributed by atoms with Crippen LogP contribution in [-0.2, 0) is 6.42 Å². The molecule has 0 aliphatic heterocycles. The molecule has 3 N–H and O–H groups in total. The Morgan fingerprint density at radius 2 is 2.10 bits per heavy atom. The van der Waals surface area contributed by atoms with E-state index in [4.69, 9.17) is 17.4 Å². The molecule has 1 aliphatic rings. The molecule has 2 aromatic rings. The maximum Gasteiger partial charge on any atom is 0.199 e. The second-order valence-electron chi connectivity index (χ2n) is 6.22. The van der Waals surface area contributed by atoms with Crippen molar-refractivity contribution in [3.05, 3.63) is 44.7 Å². The van der Waals surface area contributed by atoms with Gasteiger partial charge < -0.3 is 11.0 Å². The largest absolute Gasteiger partial charge is 0.428 e. The van der Waals surface area contributed by atoms with E-state index < -0.39 is 0 Å². The molecule has 0 saturated heterocycles. The van der Waals surface area contributed by atoms with Gasteiger partial charge in [0, 0.05) is 5.02 Å². The average Bonchev–Trinajstić information content (AvgIpc) is 2.42. The van der Waals surface area contributed by atoms with Crippen LogP contribution in [0.1, 0.15) is 31.5 Å². The van der Waals surface area contributed by atoms with Crippen LogP contribution in [0.2, 0.25) is 5.02 Å². The first-order valence-electron chi connectivity index (χ1n) is 6.67. The van der Waals surface area contributed by atoms with Crippen molar-refractivity contribution in [2.45, 2.75) is 26.7 Å². The van der Waals surface area contributed by atoms with Crippen LogP contribution in [0.5, 0.6) is 0 Å². The van der Waals surface area contributed by atoms with Crippen molar-refractivity contribution >= 4 is 28.2 Å². The lowest BCUT2D eigenvalue weighted by molar-refractivity contribution is 0.177. The fourth-order valence-electron chi connectivity index (χ4n) is 3.02. The number of hydrazone groups is 1. The van der Waals surface area contributed by atoms with Gasteiger partial charge in [-0.2, -0.15) is 9.83 Å². The van der Waals surface area contributed by atoms with Gasteiger partial charge >= 0.3 is 0 Å². The van der Waals surface area contributed by atoms with Gasteiger partial charge in [0.2, 0.25) is 0 Å². The highest BCUT2D eigenvalue weighted by Gasteiger charge is 2.34. The lowest BCUT2D eigenvalue weighted by Gasteiger charge is -2.32. The fraction of sp³-hybridized carbons (Fsp3) is 0.333. The van der Waals surface area contributed by atoms with Gasteiger partial charge in [-0.05, 0) is 36.5 Å². The van der Waals surface area contributed by atoms with Crippen molar-refractivity contribution in [3.8, 4) is 0 Å². The Hall–Kier alpha value is -2.01. The second kappa shape index (κ2) is 4.49. The molecule has 1 heterocycles. The number of nitrogens with zero attached hydrogens (tertiary/aromatic N) is 2. The highest BCUT2D eigenvalue weighted by Crippen LogP contribution is 2.34. The van der Waals surface area contributed by atoms with E-state index in [1.807, 2.05) is 0 Å². The van der Waals surface area contributed by atoms with Crippen LogP contribution < -0.4 is 11.3 Å². The summed E-state index contributed by atoms with van der Waals surface area (Å²) in [4.78, 5) is 12.7. The molecule has 0 atom stereocenters. The Morgan fingerprint density at radius 3 is 2.76 bits per heavy atom. The molecule has 1 aromatic heterocycles. The first-order valence-corrected chi connectivity index (χ1v) is 7.05. The maximum absolute atomic E-state index is 12.7. The summed E-state index contributed by atoms with van der Waals surface area (Å²) in [6, 6.07) is 4.84. The molecule has 0 amide bonds. The summed E-state index contributed by atoms with van der Waals surface area (Å²) in [6.07, 6.45) is 1.17. The summed E-state index contributed by atoms with van der Waals surface area (Å²) in [5.41, 5.74) is 1.60. The number of rotatable bonds is 0. The van der Waals surface area contributed by atoms with E-state index in [9.17, 15) is 10.0 Å². The molecule has 0 spiro atoms. The first-order chi connectivity index (χ1) is 9.84. The molecule has 21 heavy (non-hydrogen) atoms. The zero-order valence-corrected chi connectivity index (χ0v) is 12.6. The minimum absolute atomic E-state index is 0.123. The first kappa shape index (κ1) is 13.9. The molecule has 0 saturated carbocycles. The number of hydrogen-bond acceptors (Lipinski definition) is 4. The van der Waals surface area contributed by atoms with Crippen LogP contribution in [0.15, 0.2) is 28.1 Å². The van der Waals surface area contributed by atoms with Crippen LogP contribution in [0, 0.1) is 5.41 Å². The zero-order valence-electron chi connectivity index (χ0n) is 11.9. The predicted octanol–water partition coefficient (Wildman–Crippen LogP) is 2.53. The van der Waals surface area contributed by atoms with Crippen LogP contribution in [0.25, 0.3) is 10.9 Å². The average molecular weight is 306 g/mol. The summed E-state index contributed by atoms with van der Waals surface area (Å²) in [7, 11) is 0. The van der Waals surface area contributed by atoms with E-state index >= 15 is 0 Å². The van der Waals surface area contributed by atoms with Gasteiger partial charge in [-0.3, -0.25) is 4.79 Å². The molecular weight excluding hydrogens is 290 g/mol. The smallest absolute Gasteiger partial charge is 0.199 e. The molecule has 1 aliphatic carbocycles. The molecule has 6 heteroatoms. The molecule has 0 fully saturated rings. The summed E-state index contributed by atoms with van der Waals surface area (Å²) in [5.74, 6) is 5.46. The minimum Gasteiger partial charge on any atom is -0.428 e. The molecule has 110 valence electrons. The third kappa shape index (κ3) is 2.08. The number of fused-ring (bicyclic) bond motifs is 2. The Labute approximate surface area is 126 Å². The molecular formula is C15H16ClN3O2. The molecule has 3 rings (SSSR count). The normalized spacial score (nSPS) is 18.9. The van der Waals surface area contributed by atoms with Gasteiger partial charge in [0.25, 0.3) is 0 Å². The maximum atomic E-state index is 12.7. The zero-order chi connectivity index (χ0) is 15.4. The number of nitrogens with two attached hydrogens (primary N) is 1. The standard InChI is InChI=1S/C15H16ClN3O2/c1-15(2)6-10(18-17)13-12(7-15)19(21)11-4-3-8(16)5-9(11)14(13)20/h3-5,21H,6-7,17H2,1-2H3. The lowest BCUT2D eigenvalue weighted by atomic mass is 9.75. The van der Waals surface area contributed by atoms with Gasteiger partial charge in [0.1, 0.15) is 0 Å². The number of benzene rings is 1. The van der Waals surface area contributed by atoms with Crippen LogP contribution in [0.3, 0.4) is 0 Å².